The van der Waals surface area contributed by atoms with Gasteiger partial charge in [0.1, 0.15) is 36.3 Å². The Morgan fingerprint density at radius 2 is 1.33 bits per heavy atom. The molecule has 0 spiro atoms. The second kappa shape index (κ2) is 13.2. The fraction of sp³-hybridized carbons (Fsp3) is 0.156. The maximum Gasteiger partial charge on any atom is 0.404 e. The van der Waals surface area contributed by atoms with Crippen molar-refractivity contribution < 1.29 is 28.2 Å². The van der Waals surface area contributed by atoms with Gasteiger partial charge in [0.05, 0.1) is 6.54 Å². The molecule has 0 radical (unpaired) electrons. The molecule has 4 aromatic carbocycles. The molecule has 0 bridgehead atoms. The fourth-order valence-corrected chi connectivity index (χ4v) is 4.27. The Hall–Kier alpha value is -4.65. The first-order chi connectivity index (χ1) is 18.9. The van der Waals surface area contributed by atoms with Crippen LogP contribution in [0.1, 0.15) is 35.6 Å². The summed E-state index contributed by atoms with van der Waals surface area (Å²) in [5, 5.41) is 10.9. The minimum absolute atomic E-state index is 0.159. The summed E-state index contributed by atoms with van der Waals surface area (Å²) in [5.74, 6) is -0.00215. The van der Waals surface area contributed by atoms with Gasteiger partial charge >= 0.3 is 6.09 Å². The van der Waals surface area contributed by atoms with Crippen molar-refractivity contribution in [1.29, 1.82) is 0 Å². The van der Waals surface area contributed by atoms with Gasteiger partial charge in [0, 0.05) is 6.07 Å². The zero-order chi connectivity index (χ0) is 27.6. The number of halogens is 2. The molecule has 0 atom stereocenters. The molecule has 0 aliphatic rings. The molecule has 0 aromatic heterocycles. The molecular formula is C32H29F2NO4. The minimum atomic E-state index is -1.11. The van der Waals surface area contributed by atoms with Crippen LogP contribution in [-0.4, -0.2) is 24.4 Å². The number of amides is 1. The Labute approximate surface area is 226 Å². The summed E-state index contributed by atoms with van der Waals surface area (Å²) in [6.45, 7) is 2.73. The molecule has 0 saturated heterocycles. The first kappa shape index (κ1) is 27.4. The van der Waals surface area contributed by atoms with Crippen LogP contribution in [0.5, 0.6) is 11.5 Å². The Bertz CT molecular complexity index is 1400. The van der Waals surface area contributed by atoms with Crippen LogP contribution in [0.3, 0.4) is 0 Å². The lowest BCUT2D eigenvalue weighted by molar-refractivity contribution is 0.191. The highest BCUT2D eigenvalue weighted by atomic mass is 19.1. The summed E-state index contributed by atoms with van der Waals surface area (Å²) in [4.78, 5) is 10.6. The Kier molecular flexibility index (Phi) is 9.29. The molecule has 4 rings (SSSR count). The van der Waals surface area contributed by atoms with Crippen LogP contribution in [0, 0.1) is 11.6 Å². The lowest BCUT2D eigenvalue weighted by Gasteiger charge is -2.17. The molecule has 200 valence electrons. The third kappa shape index (κ3) is 7.68. The summed E-state index contributed by atoms with van der Waals surface area (Å²) in [6.07, 6.45) is -0.579. The molecule has 0 fully saturated rings. The van der Waals surface area contributed by atoms with Crippen molar-refractivity contribution in [1.82, 2.24) is 5.32 Å². The largest absolute Gasteiger partial charge is 0.492 e. The normalized spacial score (nSPS) is 11.5. The number of benzene rings is 4. The number of hydrogen-bond donors (Lipinski definition) is 2. The van der Waals surface area contributed by atoms with Gasteiger partial charge in [-0.25, -0.2) is 13.6 Å². The average molecular weight is 530 g/mol. The van der Waals surface area contributed by atoms with E-state index in [2.05, 4.69) is 5.32 Å². The second-order valence-corrected chi connectivity index (χ2v) is 8.77. The third-order valence-electron chi connectivity index (χ3n) is 6.05. The summed E-state index contributed by atoms with van der Waals surface area (Å²) in [7, 11) is 0. The molecule has 0 unspecified atom stereocenters. The molecule has 4 aromatic rings. The van der Waals surface area contributed by atoms with Crippen LogP contribution in [-0.2, 0) is 6.61 Å². The molecule has 2 N–H and O–H groups in total. The quantitative estimate of drug-likeness (QED) is 0.155. The summed E-state index contributed by atoms with van der Waals surface area (Å²) >= 11 is 0. The van der Waals surface area contributed by atoms with Crippen LogP contribution >= 0.6 is 0 Å². The highest BCUT2D eigenvalue weighted by Crippen LogP contribution is 2.36. The van der Waals surface area contributed by atoms with Gasteiger partial charge in [0.25, 0.3) is 0 Å². The van der Waals surface area contributed by atoms with E-state index in [1.54, 1.807) is 12.1 Å². The monoisotopic (exact) mass is 529 g/mol. The molecule has 7 heteroatoms. The summed E-state index contributed by atoms with van der Waals surface area (Å²) < 4.78 is 39.9. The van der Waals surface area contributed by atoms with Gasteiger partial charge in [0.15, 0.2) is 0 Å². The molecule has 5 nitrogen and oxygen atoms in total. The Morgan fingerprint density at radius 1 is 0.769 bits per heavy atom. The Balaban J connectivity index is 1.66. The standard InChI is InChI=1S/C32H29F2NO4/c1-2-30(25-18-26(33)20-27(34)19-25)31(23-8-12-28(13-9-23)38-17-16-35-32(36)37)24-10-14-29(15-11-24)39-21-22-6-4-3-5-7-22/h3-15,18-20,35H,2,16-17,21H2,1H3,(H,36,37)/b31-30+. The van der Waals surface area contributed by atoms with E-state index in [0.29, 0.717) is 30.1 Å². The van der Waals surface area contributed by atoms with Crippen LogP contribution in [0.15, 0.2) is 97.1 Å². The Morgan fingerprint density at radius 3 is 1.87 bits per heavy atom. The van der Waals surface area contributed by atoms with Crippen molar-refractivity contribution in [2.45, 2.75) is 20.0 Å². The molecule has 0 saturated carbocycles. The van der Waals surface area contributed by atoms with E-state index >= 15 is 0 Å². The van der Waals surface area contributed by atoms with Gasteiger partial charge in [-0.2, -0.15) is 0 Å². The van der Waals surface area contributed by atoms with Crippen molar-refractivity contribution in [2.75, 3.05) is 13.2 Å². The molecule has 39 heavy (non-hydrogen) atoms. The lowest BCUT2D eigenvalue weighted by Crippen LogP contribution is -2.26. The number of rotatable bonds is 11. The number of carbonyl (C=O) groups is 1. The smallest absolute Gasteiger partial charge is 0.404 e. The van der Waals surface area contributed by atoms with Crippen molar-refractivity contribution >= 4 is 17.2 Å². The van der Waals surface area contributed by atoms with E-state index in [-0.39, 0.29) is 13.2 Å². The van der Waals surface area contributed by atoms with Crippen LogP contribution < -0.4 is 14.8 Å². The van der Waals surface area contributed by atoms with Crippen LogP contribution in [0.2, 0.25) is 0 Å². The van der Waals surface area contributed by atoms with E-state index in [1.807, 2.05) is 73.7 Å². The maximum atomic E-state index is 14.2. The highest BCUT2D eigenvalue weighted by Gasteiger charge is 2.15. The predicted octanol–water partition coefficient (Wildman–Crippen LogP) is 7.56. The molecule has 0 heterocycles. The minimum Gasteiger partial charge on any atom is -0.492 e. The van der Waals surface area contributed by atoms with Crippen molar-refractivity contribution in [3.8, 4) is 11.5 Å². The summed E-state index contributed by atoms with van der Waals surface area (Å²) in [5.41, 5.74) is 4.84. The third-order valence-corrected chi connectivity index (χ3v) is 6.05. The van der Waals surface area contributed by atoms with E-state index < -0.39 is 17.7 Å². The van der Waals surface area contributed by atoms with Gasteiger partial charge in [-0.15, -0.1) is 0 Å². The van der Waals surface area contributed by atoms with E-state index in [1.165, 1.54) is 12.1 Å². The number of ether oxygens (including phenoxy) is 2. The molecule has 1 amide bonds. The van der Waals surface area contributed by atoms with Crippen LogP contribution in [0.4, 0.5) is 13.6 Å². The SMILES string of the molecule is CC/C(=C(/c1ccc(OCCNC(=O)O)cc1)c1ccc(OCc2ccccc2)cc1)c1cc(F)cc(F)c1. The van der Waals surface area contributed by atoms with Gasteiger partial charge in [-0.1, -0.05) is 61.5 Å². The number of hydrogen-bond acceptors (Lipinski definition) is 3. The van der Waals surface area contributed by atoms with Crippen LogP contribution in [0.25, 0.3) is 11.1 Å². The number of carboxylic acid groups (broad SMARTS) is 1. The van der Waals surface area contributed by atoms with Gasteiger partial charge in [-0.05, 0) is 76.2 Å². The van der Waals surface area contributed by atoms with Gasteiger partial charge in [-0.3, -0.25) is 0 Å². The molecule has 0 aliphatic carbocycles. The maximum absolute atomic E-state index is 14.2. The zero-order valence-electron chi connectivity index (χ0n) is 21.5. The predicted molar refractivity (Wildman–Crippen MR) is 148 cm³/mol. The first-order valence-electron chi connectivity index (χ1n) is 12.6. The van der Waals surface area contributed by atoms with E-state index in [4.69, 9.17) is 14.6 Å². The molecule has 0 aliphatic heterocycles. The van der Waals surface area contributed by atoms with Crippen molar-refractivity contribution in [3.05, 3.63) is 131 Å². The van der Waals surface area contributed by atoms with Crippen molar-refractivity contribution in [2.24, 2.45) is 0 Å². The van der Waals surface area contributed by atoms with E-state index in [9.17, 15) is 13.6 Å². The van der Waals surface area contributed by atoms with Gasteiger partial charge in [0.2, 0.25) is 0 Å². The number of nitrogens with one attached hydrogen (secondary N) is 1. The van der Waals surface area contributed by atoms with E-state index in [0.717, 1.165) is 33.9 Å². The highest BCUT2D eigenvalue weighted by molar-refractivity contribution is 5.98. The number of allylic oxidation sites excluding steroid dienone is 1. The van der Waals surface area contributed by atoms with Crippen molar-refractivity contribution in [3.63, 3.8) is 0 Å². The average Bonchev–Trinajstić information content (AvgIpc) is 2.93. The fourth-order valence-electron chi connectivity index (χ4n) is 4.27. The summed E-state index contributed by atoms with van der Waals surface area (Å²) in [6, 6.07) is 28.4. The second-order valence-electron chi connectivity index (χ2n) is 8.77. The lowest BCUT2D eigenvalue weighted by atomic mass is 9.88. The first-order valence-corrected chi connectivity index (χ1v) is 12.6. The zero-order valence-corrected chi connectivity index (χ0v) is 21.5. The van der Waals surface area contributed by atoms with Gasteiger partial charge < -0.3 is 19.9 Å². The topological polar surface area (TPSA) is 67.8 Å². The molecular weight excluding hydrogens is 500 g/mol.